The fraction of sp³-hybridized carbons (Fsp3) is 1.00. The number of nitrogens with one attached hydrogen (secondary N) is 2. The molecule has 0 spiro atoms. The largest absolute Gasteiger partial charge is 0.378 e. The standard InChI is InChI=1S/C5H11IN2O/c6-8-3-5-4-9-2-1-7-5/h5,7-8H,1-4H2/t5-/m1/s1. The van der Waals surface area contributed by atoms with Crippen LogP contribution in [-0.2, 0) is 4.74 Å². The van der Waals surface area contributed by atoms with Gasteiger partial charge in [0.05, 0.1) is 13.2 Å². The van der Waals surface area contributed by atoms with E-state index in [-0.39, 0.29) is 0 Å². The van der Waals surface area contributed by atoms with E-state index in [1.54, 1.807) is 0 Å². The Morgan fingerprint density at radius 3 is 3.22 bits per heavy atom. The second-order valence-corrected chi connectivity index (χ2v) is 2.83. The van der Waals surface area contributed by atoms with Gasteiger partial charge in [0.1, 0.15) is 0 Å². The van der Waals surface area contributed by atoms with Crippen molar-refractivity contribution in [1.29, 1.82) is 0 Å². The molecular formula is C5H11IN2O. The molecule has 0 aliphatic carbocycles. The summed E-state index contributed by atoms with van der Waals surface area (Å²) in [5.41, 5.74) is 0. The Kier molecular flexibility index (Phi) is 3.80. The lowest BCUT2D eigenvalue weighted by Crippen LogP contribution is -2.45. The third kappa shape index (κ3) is 2.79. The van der Waals surface area contributed by atoms with E-state index in [4.69, 9.17) is 4.74 Å². The Morgan fingerprint density at radius 1 is 1.78 bits per heavy atom. The van der Waals surface area contributed by atoms with Crippen LogP contribution < -0.4 is 8.85 Å². The summed E-state index contributed by atoms with van der Waals surface area (Å²) < 4.78 is 8.29. The van der Waals surface area contributed by atoms with E-state index in [9.17, 15) is 0 Å². The fourth-order valence-corrected chi connectivity index (χ4v) is 1.38. The van der Waals surface area contributed by atoms with Gasteiger partial charge in [-0.3, -0.25) is 3.53 Å². The topological polar surface area (TPSA) is 33.3 Å². The van der Waals surface area contributed by atoms with Gasteiger partial charge in [-0.1, -0.05) is 0 Å². The van der Waals surface area contributed by atoms with Crippen LogP contribution in [0.25, 0.3) is 0 Å². The molecule has 9 heavy (non-hydrogen) atoms. The lowest BCUT2D eigenvalue weighted by atomic mass is 10.3. The first-order valence-electron chi connectivity index (χ1n) is 3.08. The SMILES string of the molecule is INC[C@@H]1COCCN1. The maximum atomic E-state index is 5.23. The van der Waals surface area contributed by atoms with Gasteiger partial charge < -0.3 is 10.1 Å². The number of rotatable bonds is 2. The predicted octanol–water partition coefficient (Wildman–Crippen LogP) is -0.0856. The van der Waals surface area contributed by atoms with E-state index >= 15 is 0 Å². The van der Waals surface area contributed by atoms with Gasteiger partial charge in [-0.15, -0.1) is 0 Å². The molecule has 1 aliphatic rings. The highest BCUT2D eigenvalue weighted by atomic mass is 127. The first kappa shape index (κ1) is 7.71. The molecule has 0 aromatic carbocycles. The van der Waals surface area contributed by atoms with Gasteiger partial charge in [-0.2, -0.15) is 0 Å². The lowest BCUT2D eigenvalue weighted by Gasteiger charge is -2.22. The average Bonchev–Trinajstić information content (AvgIpc) is 1.91. The van der Waals surface area contributed by atoms with E-state index in [0.29, 0.717) is 6.04 Å². The van der Waals surface area contributed by atoms with Crippen LogP contribution in [0.4, 0.5) is 0 Å². The van der Waals surface area contributed by atoms with Crippen LogP contribution in [0.2, 0.25) is 0 Å². The molecule has 0 saturated carbocycles. The fourth-order valence-electron chi connectivity index (χ4n) is 0.844. The Labute approximate surface area is 69.0 Å². The molecule has 1 aliphatic heterocycles. The highest BCUT2D eigenvalue weighted by Crippen LogP contribution is 1.91. The molecule has 54 valence electrons. The molecule has 0 amide bonds. The summed E-state index contributed by atoms with van der Waals surface area (Å²) in [7, 11) is 0. The molecular weight excluding hydrogens is 231 g/mol. The van der Waals surface area contributed by atoms with Crippen LogP contribution in [-0.4, -0.2) is 32.3 Å². The van der Waals surface area contributed by atoms with Crippen molar-refractivity contribution in [1.82, 2.24) is 8.85 Å². The quantitative estimate of drug-likeness (QED) is 0.524. The number of morpholine rings is 1. The van der Waals surface area contributed by atoms with E-state index in [0.717, 1.165) is 26.3 Å². The molecule has 4 heteroatoms. The van der Waals surface area contributed by atoms with Crippen LogP contribution in [0.15, 0.2) is 0 Å². The zero-order chi connectivity index (χ0) is 6.53. The van der Waals surface area contributed by atoms with Crippen molar-refractivity contribution in [3.05, 3.63) is 0 Å². The summed E-state index contributed by atoms with van der Waals surface area (Å²) in [5, 5.41) is 3.33. The number of halogens is 1. The second kappa shape index (κ2) is 4.43. The molecule has 3 nitrogen and oxygen atoms in total. The van der Waals surface area contributed by atoms with Gasteiger partial charge in [0.2, 0.25) is 0 Å². The summed E-state index contributed by atoms with van der Waals surface area (Å²) in [6.07, 6.45) is 0. The zero-order valence-corrected chi connectivity index (χ0v) is 7.35. The summed E-state index contributed by atoms with van der Waals surface area (Å²) in [4.78, 5) is 0. The van der Waals surface area contributed by atoms with Crippen molar-refractivity contribution >= 4 is 22.9 Å². The van der Waals surface area contributed by atoms with Crippen molar-refractivity contribution in [2.24, 2.45) is 0 Å². The summed E-state index contributed by atoms with van der Waals surface area (Å²) in [6.45, 7) is 3.68. The Morgan fingerprint density at radius 2 is 2.67 bits per heavy atom. The van der Waals surface area contributed by atoms with Crippen LogP contribution in [0, 0.1) is 0 Å². The highest BCUT2D eigenvalue weighted by Gasteiger charge is 2.10. The first-order valence-corrected chi connectivity index (χ1v) is 4.16. The molecule has 1 rings (SSSR count). The summed E-state index contributed by atoms with van der Waals surface area (Å²) >= 11 is 2.14. The van der Waals surface area contributed by atoms with Gasteiger partial charge >= 0.3 is 0 Å². The van der Waals surface area contributed by atoms with Crippen molar-refractivity contribution < 1.29 is 4.74 Å². The summed E-state index contributed by atoms with van der Waals surface area (Å²) in [5.74, 6) is 0. The lowest BCUT2D eigenvalue weighted by molar-refractivity contribution is 0.0789. The van der Waals surface area contributed by atoms with Crippen LogP contribution in [0.1, 0.15) is 0 Å². The minimum Gasteiger partial charge on any atom is -0.378 e. The molecule has 0 radical (unpaired) electrons. The van der Waals surface area contributed by atoms with E-state index < -0.39 is 0 Å². The van der Waals surface area contributed by atoms with E-state index in [1.165, 1.54) is 0 Å². The molecule has 2 N–H and O–H groups in total. The van der Waals surface area contributed by atoms with Crippen LogP contribution in [0.5, 0.6) is 0 Å². The van der Waals surface area contributed by atoms with Crippen molar-refractivity contribution in [3.8, 4) is 0 Å². The number of ether oxygens (including phenoxy) is 1. The molecule has 1 heterocycles. The number of hydrogen-bond acceptors (Lipinski definition) is 3. The third-order valence-corrected chi connectivity index (χ3v) is 1.76. The second-order valence-electron chi connectivity index (χ2n) is 2.06. The molecule has 0 unspecified atom stereocenters. The first-order chi connectivity index (χ1) is 4.43. The maximum absolute atomic E-state index is 5.23. The smallest absolute Gasteiger partial charge is 0.0633 e. The minimum atomic E-state index is 0.510. The molecule has 1 atom stereocenters. The zero-order valence-electron chi connectivity index (χ0n) is 5.19. The van der Waals surface area contributed by atoms with Crippen molar-refractivity contribution in [2.45, 2.75) is 6.04 Å². The minimum absolute atomic E-state index is 0.510. The van der Waals surface area contributed by atoms with E-state index in [1.807, 2.05) is 0 Å². The normalized spacial score (nSPS) is 28.3. The van der Waals surface area contributed by atoms with Gasteiger partial charge in [-0.05, 0) is 0 Å². The van der Waals surface area contributed by atoms with Gasteiger partial charge in [-0.25, -0.2) is 0 Å². The summed E-state index contributed by atoms with van der Waals surface area (Å²) in [6, 6.07) is 0.510. The third-order valence-electron chi connectivity index (χ3n) is 1.32. The highest BCUT2D eigenvalue weighted by molar-refractivity contribution is 14.1. The molecule has 1 saturated heterocycles. The van der Waals surface area contributed by atoms with Crippen LogP contribution >= 0.6 is 22.9 Å². The molecule has 0 aromatic heterocycles. The predicted molar refractivity (Wildman–Crippen MR) is 44.6 cm³/mol. The van der Waals surface area contributed by atoms with Crippen LogP contribution in [0.3, 0.4) is 0 Å². The van der Waals surface area contributed by atoms with E-state index in [2.05, 4.69) is 31.7 Å². The van der Waals surface area contributed by atoms with Crippen molar-refractivity contribution in [3.63, 3.8) is 0 Å². The monoisotopic (exact) mass is 242 g/mol. The Bertz CT molecular complexity index is 72.6. The maximum Gasteiger partial charge on any atom is 0.0633 e. The van der Waals surface area contributed by atoms with Gasteiger partial charge in [0.15, 0.2) is 0 Å². The average molecular weight is 242 g/mol. The molecule has 0 aromatic rings. The Balaban J connectivity index is 2.08. The molecule has 0 bridgehead atoms. The molecule has 1 fully saturated rings. The Hall–Kier alpha value is 0.610. The number of hydrogen-bond donors (Lipinski definition) is 2. The van der Waals surface area contributed by atoms with Gasteiger partial charge in [0.25, 0.3) is 0 Å². The van der Waals surface area contributed by atoms with Gasteiger partial charge in [0, 0.05) is 42.0 Å². The van der Waals surface area contributed by atoms with Crippen molar-refractivity contribution in [2.75, 3.05) is 26.3 Å².